The van der Waals surface area contributed by atoms with Crippen LogP contribution in [0.4, 0.5) is 0 Å². The summed E-state index contributed by atoms with van der Waals surface area (Å²) < 4.78 is 5.93. The third-order valence-corrected chi connectivity index (χ3v) is 10.2. The summed E-state index contributed by atoms with van der Waals surface area (Å²) in [6, 6.07) is -0.0979. The van der Waals surface area contributed by atoms with E-state index in [9.17, 15) is 19.8 Å². The van der Waals surface area contributed by atoms with E-state index in [1.165, 1.54) is 6.92 Å². The molecule has 0 radical (unpaired) electrons. The van der Waals surface area contributed by atoms with Crippen molar-refractivity contribution in [1.82, 2.24) is 5.32 Å². The van der Waals surface area contributed by atoms with Gasteiger partial charge in [-0.05, 0) is 55.4 Å². The lowest BCUT2D eigenvalue weighted by Crippen LogP contribution is -2.70. The summed E-state index contributed by atoms with van der Waals surface area (Å²) in [5.74, 6) is 0.0530. The molecule has 1 amide bonds. The minimum Gasteiger partial charge on any atom is -0.462 e. The van der Waals surface area contributed by atoms with Gasteiger partial charge in [0.1, 0.15) is 6.10 Å². The summed E-state index contributed by atoms with van der Waals surface area (Å²) >= 11 is 0. The van der Waals surface area contributed by atoms with E-state index < -0.39 is 23.0 Å². The van der Waals surface area contributed by atoms with Gasteiger partial charge in [-0.2, -0.15) is 0 Å². The molecule has 11 atom stereocenters. The summed E-state index contributed by atoms with van der Waals surface area (Å²) in [7, 11) is 0. The van der Waals surface area contributed by atoms with Crippen molar-refractivity contribution in [3.8, 4) is 0 Å². The Morgan fingerprint density at radius 1 is 1.29 bits per heavy atom. The van der Waals surface area contributed by atoms with Gasteiger partial charge in [-0.3, -0.25) is 9.59 Å². The van der Waals surface area contributed by atoms with E-state index in [0.29, 0.717) is 19.3 Å². The van der Waals surface area contributed by atoms with Crippen LogP contribution in [0.1, 0.15) is 46.0 Å². The Labute approximate surface area is 164 Å². The molecule has 3 N–H and O–H groups in total. The third-order valence-electron chi connectivity index (χ3n) is 10.2. The first kappa shape index (κ1) is 17.5. The molecule has 2 spiro atoms. The van der Waals surface area contributed by atoms with Crippen molar-refractivity contribution in [3.05, 3.63) is 12.2 Å². The molecule has 5 saturated carbocycles. The van der Waals surface area contributed by atoms with E-state index in [4.69, 9.17) is 4.74 Å². The van der Waals surface area contributed by atoms with Gasteiger partial charge in [0.15, 0.2) is 0 Å². The number of esters is 1. The number of nitrogens with one attached hydrogen (secondary N) is 1. The molecule has 6 rings (SSSR count). The van der Waals surface area contributed by atoms with Crippen LogP contribution in [0.15, 0.2) is 12.2 Å². The summed E-state index contributed by atoms with van der Waals surface area (Å²) in [6.07, 6.45) is 2.12. The van der Waals surface area contributed by atoms with Crippen molar-refractivity contribution >= 4 is 11.9 Å². The fraction of sp³-hybridized carbons (Fsp3) is 0.818. The first-order chi connectivity index (χ1) is 13.2. The molecule has 6 heteroatoms. The second kappa shape index (κ2) is 4.84. The van der Waals surface area contributed by atoms with Crippen molar-refractivity contribution < 1.29 is 24.5 Å². The van der Waals surface area contributed by atoms with Crippen LogP contribution in [0.2, 0.25) is 0 Å². The molecule has 1 aliphatic heterocycles. The number of hydrogen-bond acceptors (Lipinski definition) is 5. The molecule has 6 nitrogen and oxygen atoms in total. The second-order valence-corrected chi connectivity index (χ2v) is 10.7. The highest BCUT2D eigenvalue weighted by atomic mass is 16.5. The predicted molar refractivity (Wildman–Crippen MR) is 98.7 cm³/mol. The molecular formula is C22H29NO5. The minimum atomic E-state index is -0.659. The molecule has 28 heavy (non-hydrogen) atoms. The summed E-state index contributed by atoms with van der Waals surface area (Å²) in [6.45, 7) is 7.66. The SMILES string of the molecule is C=C1C2C[C@@]3(C4CC5[C@]6(C3C[C@H]2O)[C@@H](OC(C)=O)CC[C@@]5(C)C(=O)N[C@@H]46)[C@@H]1O. The van der Waals surface area contributed by atoms with Crippen molar-refractivity contribution in [1.29, 1.82) is 0 Å². The van der Waals surface area contributed by atoms with E-state index in [1.54, 1.807) is 0 Å². The average Bonchev–Trinajstić information content (AvgIpc) is 3.13. The molecule has 1 saturated heterocycles. The normalized spacial score (nSPS) is 60.4. The summed E-state index contributed by atoms with van der Waals surface area (Å²) in [5.41, 5.74) is -0.473. The van der Waals surface area contributed by atoms with Gasteiger partial charge in [0.2, 0.25) is 5.91 Å². The van der Waals surface area contributed by atoms with Crippen LogP contribution in [-0.2, 0) is 14.3 Å². The van der Waals surface area contributed by atoms with Crippen LogP contribution in [0.3, 0.4) is 0 Å². The Hall–Kier alpha value is -1.40. The standard InChI is InChI=1S/C22H29NO5/c1-9-11-8-21(18(9)26)12-6-14-20(3)5-4-16(28-10(2)24)22(14,15(21)7-13(11)25)17(12)23-19(20)27/h11-18,25-26H,1,4-8H2,2-3H3,(H,23,27)/t11?,12?,13-,14?,15?,16+,17+,18-,20-,21+,22+/m1/s1. The number of aliphatic hydroxyl groups excluding tert-OH is 2. The molecule has 4 unspecified atom stereocenters. The molecule has 6 fully saturated rings. The van der Waals surface area contributed by atoms with E-state index in [0.717, 1.165) is 18.4 Å². The van der Waals surface area contributed by atoms with Crippen LogP contribution in [0, 0.1) is 39.9 Å². The van der Waals surface area contributed by atoms with Crippen LogP contribution < -0.4 is 5.32 Å². The number of ether oxygens (including phenoxy) is 1. The topological polar surface area (TPSA) is 95.9 Å². The van der Waals surface area contributed by atoms with Crippen LogP contribution >= 0.6 is 0 Å². The Balaban J connectivity index is 1.58. The molecule has 1 heterocycles. The van der Waals surface area contributed by atoms with Gasteiger partial charge in [0, 0.05) is 29.7 Å². The number of carbonyl (C=O) groups excluding carboxylic acids is 2. The number of rotatable bonds is 1. The van der Waals surface area contributed by atoms with Gasteiger partial charge in [0.05, 0.1) is 17.6 Å². The fourth-order valence-electron chi connectivity index (χ4n) is 9.42. The zero-order valence-corrected chi connectivity index (χ0v) is 16.5. The molecule has 6 aliphatic rings. The van der Waals surface area contributed by atoms with Gasteiger partial charge in [-0.15, -0.1) is 0 Å². The smallest absolute Gasteiger partial charge is 0.302 e. The van der Waals surface area contributed by atoms with Crippen LogP contribution in [-0.4, -0.2) is 46.4 Å². The van der Waals surface area contributed by atoms with Crippen molar-refractivity contribution in [2.24, 2.45) is 39.9 Å². The maximum atomic E-state index is 13.1. The van der Waals surface area contributed by atoms with E-state index in [1.807, 2.05) is 0 Å². The Bertz CT molecular complexity index is 826. The predicted octanol–water partition coefficient (Wildman–Crippen LogP) is 1.16. The number of aliphatic hydroxyl groups is 2. The molecule has 0 aromatic carbocycles. The molecule has 7 bridgehead atoms. The lowest BCUT2D eigenvalue weighted by Gasteiger charge is -2.63. The zero-order chi connectivity index (χ0) is 19.8. The van der Waals surface area contributed by atoms with Gasteiger partial charge < -0.3 is 20.3 Å². The van der Waals surface area contributed by atoms with Gasteiger partial charge in [0.25, 0.3) is 0 Å². The Kier molecular flexibility index (Phi) is 3.02. The lowest BCUT2D eigenvalue weighted by atomic mass is 9.43. The van der Waals surface area contributed by atoms with Crippen molar-refractivity contribution in [2.75, 3.05) is 0 Å². The summed E-state index contributed by atoms with van der Waals surface area (Å²) in [4.78, 5) is 25.1. The minimum absolute atomic E-state index is 0.0267. The maximum absolute atomic E-state index is 13.1. The number of fused-ring (bicyclic) bond motifs is 1. The van der Waals surface area contributed by atoms with E-state index in [-0.39, 0.29) is 53.1 Å². The second-order valence-electron chi connectivity index (χ2n) is 10.7. The molecule has 152 valence electrons. The average molecular weight is 387 g/mol. The van der Waals surface area contributed by atoms with Gasteiger partial charge in [-0.1, -0.05) is 13.5 Å². The van der Waals surface area contributed by atoms with Crippen molar-refractivity contribution in [2.45, 2.75) is 70.3 Å². The van der Waals surface area contributed by atoms with Crippen LogP contribution in [0.5, 0.6) is 0 Å². The summed E-state index contributed by atoms with van der Waals surface area (Å²) in [5, 5.41) is 25.6. The van der Waals surface area contributed by atoms with E-state index in [2.05, 4.69) is 18.8 Å². The van der Waals surface area contributed by atoms with Crippen LogP contribution in [0.25, 0.3) is 0 Å². The first-order valence-electron chi connectivity index (χ1n) is 10.7. The highest BCUT2D eigenvalue weighted by Crippen LogP contribution is 2.82. The zero-order valence-electron chi connectivity index (χ0n) is 16.5. The Morgan fingerprint density at radius 3 is 2.75 bits per heavy atom. The lowest BCUT2D eigenvalue weighted by molar-refractivity contribution is -0.214. The highest BCUT2D eigenvalue weighted by molar-refractivity contribution is 5.85. The van der Waals surface area contributed by atoms with Gasteiger partial charge >= 0.3 is 5.97 Å². The Morgan fingerprint density at radius 2 is 2.04 bits per heavy atom. The van der Waals surface area contributed by atoms with Gasteiger partial charge in [-0.25, -0.2) is 0 Å². The largest absolute Gasteiger partial charge is 0.462 e. The number of carbonyl (C=O) groups is 2. The quantitative estimate of drug-likeness (QED) is 0.463. The molecule has 5 aliphatic carbocycles. The fourth-order valence-corrected chi connectivity index (χ4v) is 9.42. The maximum Gasteiger partial charge on any atom is 0.302 e. The number of piperidine rings is 1. The monoisotopic (exact) mass is 387 g/mol. The third kappa shape index (κ3) is 1.50. The first-order valence-corrected chi connectivity index (χ1v) is 10.7. The highest BCUT2D eigenvalue weighted by Gasteiger charge is 2.86. The van der Waals surface area contributed by atoms with Crippen molar-refractivity contribution in [3.63, 3.8) is 0 Å². The number of amides is 1. The number of hydrogen-bond donors (Lipinski definition) is 3. The molecule has 0 aromatic heterocycles. The van der Waals surface area contributed by atoms with E-state index >= 15 is 0 Å². The molecule has 0 aromatic rings. The molecular weight excluding hydrogens is 358 g/mol.